The number of carbonyl (C=O) groups is 2. The molecule has 7 heteroatoms. The second-order valence-electron chi connectivity index (χ2n) is 3.74. The number of amides is 1. The Morgan fingerprint density at radius 1 is 1.31 bits per heavy atom. The van der Waals surface area contributed by atoms with Crippen LogP contribution in [0.1, 0.15) is 26.7 Å². The van der Waals surface area contributed by atoms with E-state index in [1.165, 1.54) is 0 Å². The normalized spacial score (nSPS) is 13.6. The number of nitrogens with one attached hydrogen (secondary N) is 1. The van der Waals surface area contributed by atoms with Crippen LogP contribution in [0.5, 0.6) is 0 Å². The number of aliphatic carboxylic acids is 1. The molecule has 0 aromatic heterocycles. The molecule has 16 heavy (non-hydrogen) atoms. The van der Waals surface area contributed by atoms with Crippen molar-refractivity contribution >= 4 is 11.9 Å². The van der Waals surface area contributed by atoms with Crippen molar-refractivity contribution in [1.82, 2.24) is 5.32 Å². The third kappa shape index (κ3) is 6.26. The van der Waals surface area contributed by atoms with E-state index in [-0.39, 0.29) is 5.92 Å². The summed E-state index contributed by atoms with van der Waals surface area (Å²) in [5.74, 6) is -2.54. The van der Waals surface area contributed by atoms with Crippen molar-refractivity contribution < 1.29 is 27.9 Å². The number of rotatable bonds is 5. The van der Waals surface area contributed by atoms with E-state index in [1.54, 1.807) is 13.8 Å². The minimum Gasteiger partial charge on any atom is -0.480 e. The van der Waals surface area contributed by atoms with E-state index in [1.807, 2.05) is 0 Å². The number of alkyl halides is 3. The van der Waals surface area contributed by atoms with E-state index < -0.39 is 36.9 Å². The number of hydrogen-bond donors (Lipinski definition) is 2. The highest BCUT2D eigenvalue weighted by molar-refractivity contribution is 5.83. The maximum absolute atomic E-state index is 11.8. The van der Waals surface area contributed by atoms with Gasteiger partial charge in [-0.15, -0.1) is 0 Å². The molecule has 0 aliphatic rings. The van der Waals surface area contributed by atoms with Crippen LogP contribution >= 0.6 is 0 Å². The average molecular weight is 241 g/mol. The van der Waals surface area contributed by atoms with Crippen molar-refractivity contribution in [2.45, 2.75) is 38.9 Å². The standard InChI is InChI=1S/C9H14F3NO3/c1-5(2)7(8(15)16)13-6(14)3-4-9(10,11)12/h5,7H,3-4H2,1-2H3,(H,13,14)(H,15,16)/t7-/m1/s1. The van der Waals surface area contributed by atoms with Crippen LogP contribution in [0.15, 0.2) is 0 Å². The first kappa shape index (κ1) is 14.7. The van der Waals surface area contributed by atoms with Gasteiger partial charge in [0.1, 0.15) is 6.04 Å². The third-order valence-corrected chi connectivity index (χ3v) is 1.88. The van der Waals surface area contributed by atoms with Crippen molar-refractivity contribution in [1.29, 1.82) is 0 Å². The largest absolute Gasteiger partial charge is 0.480 e. The highest BCUT2D eigenvalue weighted by Gasteiger charge is 2.29. The van der Waals surface area contributed by atoms with Gasteiger partial charge in [-0.2, -0.15) is 13.2 Å². The Bertz CT molecular complexity index is 263. The van der Waals surface area contributed by atoms with Crippen LogP contribution in [0.3, 0.4) is 0 Å². The fourth-order valence-electron chi connectivity index (χ4n) is 1.01. The molecule has 0 aromatic carbocycles. The fourth-order valence-corrected chi connectivity index (χ4v) is 1.01. The Labute approximate surface area is 90.8 Å². The van der Waals surface area contributed by atoms with Crippen LogP contribution in [0, 0.1) is 5.92 Å². The molecule has 0 spiro atoms. The smallest absolute Gasteiger partial charge is 0.389 e. The maximum Gasteiger partial charge on any atom is 0.389 e. The highest BCUT2D eigenvalue weighted by Crippen LogP contribution is 2.21. The Kier molecular flexibility index (Phi) is 5.26. The monoisotopic (exact) mass is 241 g/mol. The minimum atomic E-state index is -4.41. The van der Waals surface area contributed by atoms with E-state index >= 15 is 0 Å². The molecule has 0 fully saturated rings. The van der Waals surface area contributed by atoms with Gasteiger partial charge in [0.15, 0.2) is 0 Å². The van der Waals surface area contributed by atoms with Crippen molar-refractivity contribution in [2.75, 3.05) is 0 Å². The average Bonchev–Trinajstić information content (AvgIpc) is 2.08. The molecule has 0 heterocycles. The molecule has 0 saturated carbocycles. The molecule has 94 valence electrons. The summed E-state index contributed by atoms with van der Waals surface area (Å²) < 4.78 is 35.3. The van der Waals surface area contributed by atoms with Crippen molar-refractivity contribution in [3.8, 4) is 0 Å². The van der Waals surface area contributed by atoms with Gasteiger partial charge in [-0.1, -0.05) is 13.8 Å². The number of hydrogen-bond acceptors (Lipinski definition) is 2. The predicted molar refractivity (Wildman–Crippen MR) is 49.7 cm³/mol. The molecule has 2 N–H and O–H groups in total. The molecular weight excluding hydrogens is 227 g/mol. The minimum absolute atomic E-state index is 0.382. The molecule has 0 aliphatic carbocycles. The lowest BCUT2D eigenvalue weighted by molar-refractivity contribution is -0.147. The molecule has 1 atom stereocenters. The maximum atomic E-state index is 11.8. The van der Waals surface area contributed by atoms with Gasteiger partial charge < -0.3 is 10.4 Å². The van der Waals surface area contributed by atoms with E-state index in [0.717, 1.165) is 0 Å². The van der Waals surface area contributed by atoms with E-state index in [4.69, 9.17) is 5.11 Å². The third-order valence-electron chi connectivity index (χ3n) is 1.88. The molecule has 1 amide bonds. The lowest BCUT2D eigenvalue weighted by Gasteiger charge is -2.18. The van der Waals surface area contributed by atoms with Gasteiger partial charge >= 0.3 is 12.1 Å². The second kappa shape index (κ2) is 5.72. The molecule has 0 unspecified atom stereocenters. The number of halogens is 3. The summed E-state index contributed by atoms with van der Waals surface area (Å²) in [5.41, 5.74) is 0. The van der Waals surface area contributed by atoms with Crippen LogP contribution in [0.2, 0.25) is 0 Å². The molecule has 0 aromatic rings. The summed E-state index contributed by atoms with van der Waals surface area (Å²) >= 11 is 0. The zero-order chi connectivity index (χ0) is 12.9. The molecule has 0 bridgehead atoms. The van der Waals surface area contributed by atoms with Crippen LogP contribution in [0.25, 0.3) is 0 Å². The van der Waals surface area contributed by atoms with Gasteiger partial charge in [0.25, 0.3) is 0 Å². The van der Waals surface area contributed by atoms with Gasteiger partial charge in [-0.05, 0) is 5.92 Å². The van der Waals surface area contributed by atoms with E-state index in [9.17, 15) is 22.8 Å². The van der Waals surface area contributed by atoms with Gasteiger partial charge in [0.2, 0.25) is 5.91 Å². The molecular formula is C9H14F3NO3. The molecule has 0 radical (unpaired) electrons. The van der Waals surface area contributed by atoms with Crippen LogP contribution in [-0.4, -0.2) is 29.2 Å². The number of carboxylic acid groups (broad SMARTS) is 1. The summed E-state index contributed by atoms with van der Waals surface area (Å²) in [6.45, 7) is 3.12. The summed E-state index contributed by atoms with van der Waals surface area (Å²) in [4.78, 5) is 21.7. The van der Waals surface area contributed by atoms with Crippen LogP contribution in [-0.2, 0) is 9.59 Å². The quantitative estimate of drug-likeness (QED) is 0.767. The van der Waals surface area contributed by atoms with Gasteiger partial charge in [-0.3, -0.25) is 4.79 Å². The Morgan fingerprint density at radius 2 is 1.81 bits per heavy atom. The summed E-state index contributed by atoms with van der Waals surface area (Å²) in [6, 6.07) is -1.15. The number of carboxylic acids is 1. The Morgan fingerprint density at radius 3 is 2.12 bits per heavy atom. The van der Waals surface area contributed by atoms with Crippen molar-refractivity contribution in [3.63, 3.8) is 0 Å². The topological polar surface area (TPSA) is 66.4 Å². The van der Waals surface area contributed by atoms with E-state index in [2.05, 4.69) is 5.32 Å². The lowest BCUT2D eigenvalue weighted by Crippen LogP contribution is -2.44. The van der Waals surface area contributed by atoms with E-state index in [0.29, 0.717) is 0 Å². The van der Waals surface area contributed by atoms with Gasteiger partial charge in [-0.25, -0.2) is 4.79 Å². The van der Waals surface area contributed by atoms with Crippen molar-refractivity contribution in [2.24, 2.45) is 5.92 Å². The second-order valence-corrected chi connectivity index (χ2v) is 3.74. The lowest BCUT2D eigenvalue weighted by atomic mass is 10.0. The summed E-state index contributed by atoms with van der Waals surface area (Å²) in [6.07, 6.45) is -6.41. The fraction of sp³-hybridized carbons (Fsp3) is 0.778. The van der Waals surface area contributed by atoms with Crippen LogP contribution in [0.4, 0.5) is 13.2 Å². The molecule has 0 aliphatic heterocycles. The summed E-state index contributed by atoms with van der Waals surface area (Å²) in [5, 5.41) is 10.7. The summed E-state index contributed by atoms with van der Waals surface area (Å²) in [7, 11) is 0. The molecule has 4 nitrogen and oxygen atoms in total. The Balaban J connectivity index is 4.17. The van der Waals surface area contributed by atoms with Crippen molar-refractivity contribution in [3.05, 3.63) is 0 Å². The van der Waals surface area contributed by atoms with Gasteiger partial charge in [0, 0.05) is 6.42 Å². The zero-order valence-electron chi connectivity index (χ0n) is 8.97. The van der Waals surface area contributed by atoms with Crippen LogP contribution < -0.4 is 5.32 Å². The zero-order valence-corrected chi connectivity index (χ0v) is 8.97. The first-order chi connectivity index (χ1) is 7.13. The predicted octanol–water partition coefficient (Wildman–Crippen LogP) is 1.55. The highest BCUT2D eigenvalue weighted by atomic mass is 19.4. The molecule has 0 saturated heterocycles. The van der Waals surface area contributed by atoms with Gasteiger partial charge in [0.05, 0.1) is 6.42 Å². The first-order valence-electron chi connectivity index (χ1n) is 4.72. The Hall–Kier alpha value is -1.27. The number of carbonyl (C=O) groups excluding carboxylic acids is 1. The first-order valence-corrected chi connectivity index (χ1v) is 4.72. The SMILES string of the molecule is CC(C)[C@@H](NC(=O)CCC(F)(F)F)C(=O)O. The molecule has 0 rings (SSSR count).